The second-order valence-corrected chi connectivity index (χ2v) is 0.519. The van der Waals surface area contributed by atoms with Gasteiger partial charge in [-0.2, -0.15) is 0 Å². The molecule has 0 heterocycles. The van der Waals surface area contributed by atoms with E-state index in [1.807, 2.05) is 0 Å². The van der Waals surface area contributed by atoms with Gasteiger partial charge in [0.15, 0.2) is 0 Å². The van der Waals surface area contributed by atoms with E-state index in [-0.39, 0.29) is 54.5 Å². The Labute approximate surface area is 76.8 Å². The number of hydrogen-bond donors (Lipinski definition) is 1. The van der Waals surface area contributed by atoms with Crippen LogP contribution in [-0.2, 0) is 24.3 Å². The van der Waals surface area contributed by atoms with Crippen molar-refractivity contribution in [3.63, 3.8) is 0 Å². The third-order valence-electron chi connectivity index (χ3n) is 0. The van der Waals surface area contributed by atoms with Crippen LogP contribution < -0.4 is 0 Å². The van der Waals surface area contributed by atoms with Gasteiger partial charge in [-0.3, -0.25) is 4.79 Å². The normalized spacial score (nSPS) is 3.57. The van der Waals surface area contributed by atoms with Crippen molar-refractivity contribution >= 4 is 35.5 Å². The van der Waals surface area contributed by atoms with Crippen LogP contribution in [0.25, 0.3) is 0 Å². The fraction of sp³-hybridized carbons (Fsp3) is 0.500. The second-order valence-electron chi connectivity index (χ2n) is 0.519. The summed E-state index contributed by atoms with van der Waals surface area (Å²) in [7, 11) is 0. The number of carbonyl (C=O) groups is 1. The van der Waals surface area contributed by atoms with Gasteiger partial charge in [0.05, 0.1) is 0 Å². The molecule has 0 bridgehead atoms. The Bertz CT molecular complexity index is 35.9. The van der Waals surface area contributed by atoms with Crippen LogP contribution in [0.15, 0.2) is 0 Å². The maximum Gasteiger partial charge on any atom is 0 e. The molecule has 0 aliphatic heterocycles. The summed E-state index contributed by atoms with van der Waals surface area (Å²) >= 11 is 0. The molecule has 0 radical (unpaired) electrons. The monoisotopic (exact) mass is 166 g/mol. The topological polar surface area (TPSA) is 68.8 Å². The van der Waals surface area contributed by atoms with Gasteiger partial charge in [0.1, 0.15) is 0 Å². The van der Waals surface area contributed by atoms with E-state index in [0.29, 0.717) is 0 Å². The summed E-state index contributed by atoms with van der Waals surface area (Å²) in [5, 5.41) is 7.42. The van der Waals surface area contributed by atoms with E-state index in [4.69, 9.17) is 9.90 Å². The first-order chi connectivity index (χ1) is 1.73. The van der Waals surface area contributed by atoms with Crippen LogP contribution in [-0.4, -0.2) is 46.1 Å². The summed E-state index contributed by atoms with van der Waals surface area (Å²) in [6.07, 6.45) is 0. The van der Waals surface area contributed by atoms with Crippen LogP contribution in [0, 0.1) is 0 Å². The maximum atomic E-state index is 9.00. The minimum absolute atomic E-state index is 0. The zero-order chi connectivity index (χ0) is 3.58. The molecule has 3 N–H and O–H groups in total. The molecular weight excluding hydrogens is 160 g/mol. The maximum absolute atomic E-state index is 9.00. The Morgan fingerprint density at radius 1 is 1.57 bits per heavy atom. The van der Waals surface area contributed by atoms with Crippen molar-refractivity contribution in [2.75, 3.05) is 0 Å². The third kappa shape index (κ3) is 162. The van der Waals surface area contributed by atoms with Gasteiger partial charge in [0, 0.05) is 26.4 Å². The van der Waals surface area contributed by atoms with E-state index in [2.05, 4.69) is 0 Å². The van der Waals surface area contributed by atoms with Gasteiger partial charge in [0.25, 0.3) is 5.97 Å². The van der Waals surface area contributed by atoms with Gasteiger partial charge >= 0.3 is 29.6 Å². The molecule has 0 saturated heterocycles. The van der Waals surface area contributed by atoms with E-state index >= 15 is 0 Å². The molecule has 0 unspecified atom stereocenters. The number of hydrogen-bond acceptors (Lipinski definition) is 1. The van der Waals surface area contributed by atoms with Crippen LogP contribution >= 0.6 is 0 Å². The average Bonchev–Trinajstić information content (AvgIpc) is 0.811. The number of aliphatic carboxylic acids is 1. The molecule has 3 nitrogen and oxygen atoms in total. The summed E-state index contributed by atoms with van der Waals surface area (Å²) in [6.45, 7) is 1.08. The second kappa shape index (κ2) is 15.7. The molecule has 7 heavy (non-hydrogen) atoms. The summed E-state index contributed by atoms with van der Waals surface area (Å²) < 4.78 is 0. The molecular formula is C2H7NaO3Zn. The van der Waals surface area contributed by atoms with Crippen LogP contribution in [0.5, 0.6) is 0 Å². The Hall–Kier alpha value is 1.05. The SMILES string of the molecule is CC(=O)O.O.[NaH].[Zn]. The molecule has 0 saturated carbocycles. The number of rotatable bonds is 0. The Balaban J connectivity index is -0.0000000150. The molecule has 5 heteroatoms. The van der Waals surface area contributed by atoms with Crippen molar-refractivity contribution in [3.05, 3.63) is 0 Å². The van der Waals surface area contributed by atoms with Crippen LogP contribution in [0.1, 0.15) is 6.92 Å². The van der Waals surface area contributed by atoms with Crippen LogP contribution in [0.2, 0.25) is 0 Å². The van der Waals surface area contributed by atoms with Gasteiger partial charge in [-0.05, 0) is 0 Å². The smallest absolute Gasteiger partial charge is 0 e. The summed E-state index contributed by atoms with van der Waals surface area (Å²) in [5.74, 6) is -0.833. The molecule has 0 amide bonds. The van der Waals surface area contributed by atoms with E-state index in [1.165, 1.54) is 0 Å². The van der Waals surface area contributed by atoms with Gasteiger partial charge in [-0.25, -0.2) is 0 Å². The molecule has 0 aliphatic carbocycles. The van der Waals surface area contributed by atoms with Crippen molar-refractivity contribution in [3.8, 4) is 0 Å². The predicted molar refractivity (Wildman–Crippen MR) is 24.1 cm³/mol. The largest absolute Gasteiger partial charge is 0 e. The molecule has 0 atom stereocenters. The van der Waals surface area contributed by atoms with E-state index in [9.17, 15) is 0 Å². The Kier molecular flexibility index (Phi) is 54.8. The zero-order valence-electron chi connectivity index (χ0n) is 3.56. The fourth-order valence-corrected chi connectivity index (χ4v) is 0. The molecule has 0 spiro atoms. The molecule has 0 aromatic heterocycles. The molecule has 0 aliphatic rings. The predicted octanol–water partition coefficient (Wildman–Crippen LogP) is -1.38. The molecule has 0 aromatic carbocycles. The first-order valence-electron chi connectivity index (χ1n) is 0.928. The van der Waals surface area contributed by atoms with Gasteiger partial charge in [0.2, 0.25) is 0 Å². The number of carboxylic acids is 1. The van der Waals surface area contributed by atoms with Crippen molar-refractivity contribution in [1.29, 1.82) is 0 Å². The Morgan fingerprint density at radius 2 is 1.57 bits per heavy atom. The summed E-state index contributed by atoms with van der Waals surface area (Å²) in [4.78, 5) is 9.00. The molecule has 0 aromatic rings. The van der Waals surface area contributed by atoms with E-state index in [1.54, 1.807) is 0 Å². The van der Waals surface area contributed by atoms with E-state index < -0.39 is 5.97 Å². The van der Waals surface area contributed by atoms with Gasteiger partial charge < -0.3 is 10.6 Å². The summed E-state index contributed by atoms with van der Waals surface area (Å²) in [5.41, 5.74) is 0. The van der Waals surface area contributed by atoms with Crippen LogP contribution in [0.4, 0.5) is 0 Å². The summed E-state index contributed by atoms with van der Waals surface area (Å²) in [6, 6.07) is 0. The molecule has 0 rings (SSSR count). The average molecular weight is 167 g/mol. The molecule has 36 valence electrons. The minimum atomic E-state index is -0.833. The zero-order valence-corrected chi connectivity index (χ0v) is 6.53. The van der Waals surface area contributed by atoms with Crippen molar-refractivity contribution in [2.45, 2.75) is 6.92 Å². The van der Waals surface area contributed by atoms with Crippen LogP contribution in [0.3, 0.4) is 0 Å². The third-order valence-corrected chi connectivity index (χ3v) is 0. The minimum Gasteiger partial charge on any atom is 0 e. The molecule has 0 fully saturated rings. The van der Waals surface area contributed by atoms with Gasteiger partial charge in [-0.1, -0.05) is 0 Å². The Morgan fingerprint density at radius 3 is 1.57 bits per heavy atom. The van der Waals surface area contributed by atoms with E-state index in [0.717, 1.165) is 6.92 Å². The fourth-order valence-electron chi connectivity index (χ4n) is 0. The first kappa shape index (κ1) is 24.4. The van der Waals surface area contributed by atoms with Crippen molar-refractivity contribution in [1.82, 2.24) is 0 Å². The standard InChI is InChI=1S/C2H4O2.Na.H2O.Zn.H/c1-2(3)4;;;;/h1H3,(H,3,4);;1H2;;. The first-order valence-corrected chi connectivity index (χ1v) is 0.928. The van der Waals surface area contributed by atoms with Crippen molar-refractivity contribution < 1.29 is 34.9 Å². The quantitative estimate of drug-likeness (QED) is 0.452. The number of carboxylic acid groups (broad SMARTS) is 1. The van der Waals surface area contributed by atoms with Gasteiger partial charge in [-0.15, -0.1) is 0 Å². The van der Waals surface area contributed by atoms with Crippen molar-refractivity contribution in [2.24, 2.45) is 0 Å².